The topological polar surface area (TPSA) is 211 Å². The lowest BCUT2D eigenvalue weighted by Crippen LogP contribution is -2.61. The predicted octanol–water partition coefficient (Wildman–Crippen LogP) is 5.04. The molecule has 0 aromatic heterocycles. The maximum Gasteiger partial charge on any atom is 0.407 e. The van der Waals surface area contributed by atoms with Gasteiger partial charge in [0.2, 0.25) is 34.8 Å². The molecule has 1 N–H and O–H groups in total. The SMILES string of the molecule is CC(=O)OC[C@H]1O[C@H](OC[C@H](NC(=O)OCC2c3ccccc3-c3ccccc32)C(=O)Oc2c(F)c(F)c(F)c(F)c2F)[C@H](N=[N+]=[N-])[C@@H](OC(C)=O)[C@H]1OC(C)=O. The van der Waals surface area contributed by atoms with Crippen LogP contribution in [0, 0.1) is 29.1 Å². The number of hydrogen-bond donors (Lipinski definition) is 1. The van der Waals surface area contributed by atoms with Gasteiger partial charge in [0, 0.05) is 31.6 Å². The molecule has 1 amide bonds. The van der Waals surface area contributed by atoms with Crippen molar-refractivity contribution < 1.29 is 79.1 Å². The minimum atomic E-state index is -2.54. The summed E-state index contributed by atoms with van der Waals surface area (Å²) in [5, 5.41) is 5.56. The van der Waals surface area contributed by atoms with Gasteiger partial charge in [0.05, 0.1) is 6.61 Å². The highest BCUT2D eigenvalue weighted by atomic mass is 19.2. The van der Waals surface area contributed by atoms with E-state index in [1.165, 1.54) is 0 Å². The average molecular weight is 807 g/mol. The minimum Gasteiger partial charge on any atom is -0.463 e. The van der Waals surface area contributed by atoms with E-state index in [-0.39, 0.29) is 6.61 Å². The monoisotopic (exact) mass is 806 g/mol. The lowest BCUT2D eigenvalue weighted by Gasteiger charge is -2.43. The third-order valence-electron chi connectivity index (χ3n) is 8.57. The van der Waals surface area contributed by atoms with E-state index < -0.39 is 121 Å². The molecule has 5 rings (SSSR count). The maximum atomic E-state index is 14.6. The Morgan fingerprint density at radius 1 is 0.772 bits per heavy atom. The highest BCUT2D eigenvalue weighted by Gasteiger charge is 2.51. The second-order valence-corrected chi connectivity index (χ2v) is 12.4. The van der Waals surface area contributed by atoms with Gasteiger partial charge in [-0.1, -0.05) is 53.6 Å². The van der Waals surface area contributed by atoms with Gasteiger partial charge in [0.1, 0.15) is 25.4 Å². The van der Waals surface area contributed by atoms with Gasteiger partial charge in [0.15, 0.2) is 24.5 Å². The van der Waals surface area contributed by atoms with Crippen molar-refractivity contribution in [1.29, 1.82) is 0 Å². The average Bonchev–Trinajstić information content (AvgIpc) is 3.49. The zero-order valence-electron chi connectivity index (χ0n) is 29.9. The van der Waals surface area contributed by atoms with Crippen molar-refractivity contribution >= 4 is 30.0 Å². The lowest BCUT2D eigenvalue weighted by molar-refractivity contribution is -0.274. The highest BCUT2D eigenvalue weighted by Crippen LogP contribution is 2.44. The molecular formula is C36H31F5N4O12. The highest BCUT2D eigenvalue weighted by molar-refractivity contribution is 5.83. The van der Waals surface area contributed by atoms with E-state index in [1.807, 2.05) is 36.4 Å². The number of ether oxygens (including phenoxy) is 7. The molecule has 0 radical (unpaired) electrons. The number of alkyl carbamates (subject to hydrolysis) is 1. The molecule has 21 heteroatoms. The molecule has 6 atom stereocenters. The summed E-state index contributed by atoms with van der Waals surface area (Å²) < 4.78 is 108. The zero-order valence-corrected chi connectivity index (χ0v) is 29.9. The van der Waals surface area contributed by atoms with Crippen molar-refractivity contribution in [2.45, 2.75) is 63.4 Å². The van der Waals surface area contributed by atoms with Crippen molar-refractivity contribution in [3.63, 3.8) is 0 Å². The number of esters is 4. The summed E-state index contributed by atoms with van der Waals surface area (Å²) in [6.45, 7) is 0.829. The van der Waals surface area contributed by atoms with Crippen molar-refractivity contribution in [1.82, 2.24) is 5.32 Å². The summed E-state index contributed by atoms with van der Waals surface area (Å²) in [5.74, 6) is -19.6. The first-order chi connectivity index (χ1) is 27.1. The van der Waals surface area contributed by atoms with Crippen LogP contribution in [0.1, 0.15) is 37.8 Å². The Balaban J connectivity index is 1.43. The predicted molar refractivity (Wildman–Crippen MR) is 179 cm³/mol. The molecule has 2 aliphatic rings. The Labute approximate surface area is 318 Å². The van der Waals surface area contributed by atoms with E-state index in [4.69, 9.17) is 28.4 Å². The number of halogens is 5. The molecule has 1 fully saturated rings. The van der Waals surface area contributed by atoms with Gasteiger partial charge in [-0.2, -0.15) is 8.78 Å². The van der Waals surface area contributed by atoms with Gasteiger partial charge in [-0.25, -0.2) is 22.8 Å². The molecule has 1 aliphatic carbocycles. The number of rotatable bonds is 13. The van der Waals surface area contributed by atoms with E-state index in [0.717, 1.165) is 43.0 Å². The molecular weight excluding hydrogens is 775 g/mol. The smallest absolute Gasteiger partial charge is 0.407 e. The third kappa shape index (κ3) is 9.39. The molecule has 3 aromatic carbocycles. The largest absolute Gasteiger partial charge is 0.463 e. The van der Waals surface area contributed by atoms with Crippen LogP contribution in [-0.2, 0) is 47.6 Å². The van der Waals surface area contributed by atoms with Gasteiger partial charge in [-0.15, -0.1) is 0 Å². The molecule has 0 bridgehead atoms. The fraction of sp³-hybridized carbons (Fsp3) is 0.361. The summed E-state index contributed by atoms with van der Waals surface area (Å²) >= 11 is 0. The van der Waals surface area contributed by atoms with Crippen LogP contribution in [0.5, 0.6) is 5.75 Å². The van der Waals surface area contributed by atoms with Gasteiger partial charge in [-0.3, -0.25) is 14.4 Å². The summed E-state index contributed by atoms with van der Waals surface area (Å²) in [6, 6.07) is 10.6. The fourth-order valence-corrected chi connectivity index (χ4v) is 6.19. The molecule has 1 heterocycles. The fourth-order valence-electron chi connectivity index (χ4n) is 6.19. The van der Waals surface area contributed by atoms with E-state index in [9.17, 15) is 51.5 Å². The molecule has 1 aliphatic heterocycles. The first-order valence-electron chi connectivity index (χ1n) is 16.8. The number of nitrogens with one attached hydrogen (secondary N) is 1. The summed E-state index contributed by atoms with van der Waals surface area (Å²) in [4.78, 5) is 65.1. The van der Waals surface area contributed by atoms with Crippen molar-refractivity contribution in [3.05, 3.63) is 99.2 Å². The van der Waals surface area contributed by atoms with E-state index in [0.29, 0.717) is 0 Å². The molecule has 3 aromatic rings. The van der Waals surface area contributed by atoms with Crippen LogP contribution >= 0.6 is 0 Å². The summed E-state index contributed by atoms with van der Waals surface area (Å²) in [6.07, 6.45) is -8.06. The Kier molecular flexibility index (Phi) is 13.3. The molecule has 0 unspecified atom stereocenters. The number of azide groups is 1. The Bertz CT molecular complexity index is 2040. The van der Waals surface area contributed by atoms with E-state index in [2.05, 4.69) is 20.1 Å². The van der Waals surface area contributed by atoms with Crippen LogP contribution < -0.4 is 10.1 Å². The molecule has 16 nitrogen and oxygen atoms in total. The second kappa shape index (κ2) is 18.1. The van der Waals surface area contributed by atoms with Crippen LogP contribution in [0.25, 0.3) is 21.6 Å². The molecule has 302 valence electrons. The van der Waals surface area contributed by atoms with Crippen molar-refractivity contribution in [2.24, 2.45) is 5.11 Å². The summed E-state index contributed by atoms with van der Waals surface area (Å²) in [5.41, 5.74) is 12.7. The van der Waals surface area contributed by atoms with Gasteiger partial charge in [0.25, 0.3) is 0 Å². The number of carbonyl (C=O) groups is 5. The number of fused-ring (bicyclic) bond motifs is 3. The Morgan fingerprint density at radius 2 is 1.32 bits per heavy atom. The number of amides is 1. The van der Waals surface area contributed by atoms with Gasteiger partial charge >= 0.3 is 30.0 Å². The Morgan fingerprint density at radius 3 is 1.86 bits per heavy atom. The van der Waals surface area contributed by atoms with E-state index in [1.54, 1.807) is 12.1 Å². The molecule has 0 spiro atoms. The lowest BCUT2D eigenvalue weighted by atomic mass is 9.96. The second-order valence-electron chi connectivity index (χ2n) is 12.4. The Hall–Kier alpha value is -6.31. The first kappa shape index (κ1) is 41.8. The van der Waals surface area contributed by atoms with Crippen LogP contribution in [0.15, 0.2) is 53.6 Å². The maximum absolute atomic E-state index is 14.6. The quantitative estimate of drug-likeness (QED) is 0.0277. The van der Waals surface area contributed by atoms with Gasteiger partial charge in [-0.05, 0) is 27.8 Å². The standard InChI is InChI=1S/C36H31F5N4O12/c1-15(46)51-14-24-31(54-16(2)47)33(55-17(3)48)30(44-45-42)35(56-24)52-13-23(34(49)57-32-28(40)26(38)25(37)27(39)29(32)41)43-36(50)53-12-22-20-10-6-4-8-18(20)19-9-5-7-11-21(19)22/h4-11,22-24,30-31,33,35H,12-14H2,1-3H3,(H,43,50)/t23-,24+,30+,31-,33+,35-/m0/s1. The van der Waals surface area contributed by atoms with Crippen LogP contribution in [0.2, 0.25) is 0 Å². The van der Waals surface area contributed by atoms with Gasteiger partial charge < -0.3 is 38.5 Å². The number of benzene rings is 3. The molecule has 0 saturated carbocycles. The van der Waals surface area contributed by atoms with Crippen LogP contribution in [-0.4, -0.2) is 86.5 Å². The number of hydrogen-bond acceptors (Lipinski definition) is 13. The minimum absolute atomic E-state index is 0.315. The first-order valence-corrected chi connectivity index (χ1v) is 16.8. The van der Waals surface area contributed by atoms with Crippen molar-refractivity contribution in [3.8, 4) is 16.9 Å². The molecule has 1 saturated heterocycles. The number of carbonyl (C=O) groups excluding carboxylic acids is 5. The third-order valence-corrected chi connectivity index (χ3v) is 8.57. The van der Waals surface area contributed by atoms with E-state index >= 15 is 0 Å². The normalized spacial score (nSPS) is 20.2. The van der Waals surface area contributed by atoms with Crippen LogP contribution in [0.3, 0.4) is 0 Å². The van der Waals surface area contributed by atoms with Crippen LogP contribution in [0.4, 0.5) is 26.7 Å². The zero-order chi connectivity index (χ0) is 41.6. The van der Waals surface area contributed by atoms with Crippen molar-refractivity contribution in [2.75, 3.05) is 19.8 Å². The summed E-state index contributed by atoms with van der Waals surface area (Å²) in [7, 11) is 0. The molecule has 57 heavy (non-hydrogen) atoms. The number of nitrogens with zero attached hydrogens (tertiary/aromatic N) is 3.